The molecular formula is C15H14N2O3S. The molecular weight excluding hydrogens is 288 g/mol. The fourth-order valence-corrected chi connectivity index (χ4v) is 3.44. The van der Waals surface area contributed by atoms with Gasteiger partial charge in [-0.1, -0.05) is 24.3 Å². The Morgan fingerprint density at radius 2 is 2.05 bits per heavy atom. The second-order valence-corrected chi connectivity index (χ2v) is 5.72. The van der Waals surface area contributed by atoms with Gasteiger partial charge >= 0.3 is 5.97 Å². The zero-order chi connectivity index (χ0) is 15.0. The van der Waals surface area contributed by atoms with Gasteiger partial charge in [-0.2, -0.15) is 4.37 Å². The summed E-state index contributed by atoms with van der Waals surface area (Å²) in [4.78, 5) is 23.6. The number of amides is 1. The molecule has 0 saturated carbocycles. The number of carboxylic acids is 1. The Kier molecular flexibility index (Phi) is 3.47. The van der Waals surface area contributed by atoms with Crippen molar-refractivity contribution in [2.75, 3.05) is 0 Å². The molecule has 2 aromatic rings. The summed E-state index contributed by atoms with van der Waals surface area (Å²) in [5.74, 6) is -1.62. The van der Waals surface area contributed by atoms with Crippen LogP contribution in [-0.2, 0) is 4.79 Å². The molecule has 6 heteroatoms. The van der Waals surface area contributed by atoms with Crippen molar-refractivity contribution in [1.82, 2.24) is 9.69 Å². The second-order valence-electron chi connectivity index (χ2n) is 5.10. The zero-order valence-electron chi connectivity index (χ0n) is 11.4. The highest BCUT2D eigenvalue weighted by atomic mass is 32.1. The minimum Gasteiger partial charge on any atom is -0.481 e. The molecule has 0 bridgehead atoms. The number of fused-ring (bicyclic) bond motifs is 1. The van der Waals surface area contributed by atoms with Crippen LogP contribution in [0.5, 0.6) is 0 Å². The molecule has 21 heavy (non-hydrogen) atoms. The molecule has 1 amide bonds. The number of aliphatic carboxylic acids is 1. The van der Waals surface area contributed by atoms with E-state index in [2.05, 4.69) is 9.69 Å². The molecule has 3 rings (SSSR count). The number of nitrogens with one attached hydrogen (secondary N) is 1. The second kappa shape index (κ2) is 5.29. The number of rotatable bonds is 3. The lowest BCUT2D eigenvalue weighted by molar-refractivity contribution is -0.138. The Morgan fingerprint density at radius 1 is 1.33 bits per heavy atom. The lowest BCUT2D eigenvalue weighted by Crippen LogP contribution is -2.27. The first kappa shape index (κ1) is 13.8. The van der Waals surface area contributed by atoms with E-state index in [-0.39, 0.29) is 11.9 Å². The van der Waals surface area contributed by atoms with Gasteiger partial charge < -0.3 is 10.4 Å². The average molecular weight is 302 g/mol. The lowest BCUT2D eigenvalue weighted by atomic mass is 10.0. The van der Waals surface area contributed by atoms with Gasteiger partial charge in [0.2, 0.25) is 0 Å². The van der Waals surface area contributed by atoms with Crippen molar-refractivity contribution < 1.29 is 14.7 Å². The first-order valence-corrected chi connectivity index (χ1v) is 7.45. The molecule has 5 nitrogen and oxygen atoms in total. The van der Waals surface area contributed by atoms with E-state index in [0.717, 1.165) is 11.1 Å². The fourth-order valence-electron chi connectivity index (χ4n) is 2.75. The molecule has 2 unspecified atom stereocenters. The van der Waals surface area contributed by atoms with E-state index >= 15 is 0 Å². The monoisotopic (exact) mass is 302 g/mol. The number of hydrogen-bond acceptors (Lipinski definition) is 4. The molecule has 0 radical (unpaired) electrons. The van der Waals surface area contributed by atoms with Crippen molar-refractivity contribution in [2.24, 2.45) is 0 Å². The van der Waals surface area contributed by atoms with Gasteiger partial charge in [-0.05, 0) is 36.0 Å². The summed E-state index contributed by atoms with van der Waals surface area (Å²) in [5.41, 5.74) is 2.92. The zero-order valence-corrected chi connectivity index (χ0v) is 12.2. The first-order chi connectivity index (χ1) is 10.1. The highest BCUT2D eigenvalue weighted by Crippen LogP contribution is 2.40. The number of carbonyl (C=O) groups is 2. The molecule has 0 fully saturated rings. The maximum absolute atomic E-state index is 12.3. The van der Waals surface area contributed by atoms with Crippen LogP contribution in [0.25, 0.3) is 0 Å². The van der Waals surface area contributed by atoms with Crippen LogP contribution in [-0.4, -0.2) is 21.4 Å². The van der Waals surface area contributed by atoms with E-state index in [0.29, 0.717) is 17.7 Å². The molecule has 1 aromatic carbocycles. The summed E-state index contributed by atoms with van der Waals surface area (Å²) in [5, 5.41) is 14.0. The van der Waals surface area contributed by atoms with Gasteiger partial charge in [0.25, 0.3) is 5.91 Å². The van der Waals surface area contributed by atoms with Gasteiger partial charge in [-0.3, -0.25) is 9.59 Å². The quantitative estimate of drug-likeness (QED) is 0.913. The van der Waals surface area contributed by atoms with Crippen LogP contribution in [0.4, 0.5) is 0 Å². The number of hydrogen-bond donors (Lipinski definition) is 2. The van der Waals surface area contributed by atoms with Gasteiger partial charge in [0.05, 0.1) is 23.2 Å². The third-order valence-electron chi connectivity index (χ3n) is 3.82. The lowest BCUT2D eigenvalue weighted by Gasteiger charge is -2.13. The predicted molar refractivity (Wildman–Crippen MR) is 78.5 cm³/mol. The van der Waals surface area contributed by atoms with Crippen molar-refractivity contribution in [3.63, 3.8) is 0 Å². The Hall–Kier alpha value is -2.21. The van der Waals surface area contributed by atoms with Crippen LogP contribution >= 0.6 is 11.5 Å². The first-order valence-electron chi connectivity index (χ1n) is 6.61. The summed E-state index contributed by atoms with van der Waals surface area (Å²) < 4.78 is 4.09. The van der Waals surface area contributed by atoms with Crippen LogP contribution in [0.1, 0.15) is 45.6 Å². The molecule has 0 aliphatic heterocycles. The number of carboxylic acid groups (broad SMARTS) is 1. The minimum atomic E-state index is -0.854. The standard InChI is InChI=1S/C15H14N2O3S/c1-8-12(7-21-17-8)14(18)16-13-6-11(15(19)20)9-4-2-3-5-10(9)13/h2-5,7,11,13H,6H2,1H3,(H,16,18)(H,19,20). The molecule has 1 aliphatic rings. The summed E-state index contributed by atoms with van der Waals surface area (Å²) >= 11 is 1.24. The molecule has 1 aliphatic carbocycles. The SMILES string of the molecule is Cc1nscc1C(=O)NC1CC(C(=O)O)c2ccccc21. The summed E-state index contributed by atoms with van der Waals surface area (Å²) in [6.07, 6.45) is 0.386. The molecule has 2 N–H and O–H groups in total. The Bertz CT molecular complexity index is 710. The predicted octanol–water partition coefficient (Wildman–Crippen LogP) is 2.49. The summed E-state index contributed by atoms with van der Waals surface area (Å²) in [6, 6.07) is 7.11. The van der Waals surface area contributed by atoms with Crippen molar-refractivity contribution in [3.05, 3.63) is 52.0 Å². The molecule has 0 spiro atoms. The number of aryl methyl sites for hydroxylation is 1. The Morgan fingerprint density at radius 3 is 2.67 bits per heavy atom. The van der Waals surface area contributed by atoms with E-state index in [9.17, 15) is 14.7 Å². The molecule has 2 atom stereocenters. The van der Waals surface area contributed by atoms with Gasteiger partial charge in [-0.15, -0.1) is 0 Å². The summed E-state index contributed by atoms with van der Waals surface area (Å²) in [7, 11) is 0. The third kappa shape index (κ3) is 2.42. The van der Waals surface area contributed by atoms with E-state index in [4.69, 9.17) is 0 Å². The minimum absolute atomic E-state index is 0.202. The van der Waals surface area contributed by atoms with Gasteiger partial charge in [0, 0.05) is 5.38 Å². The molecule has 1 heterocycles. The summed E-state index contributed by atoms with van der Waals surface area (Å²) in [6.45, 7) is 1.79. The number of benzene rings is 1. The smallest absolute Gasteiger partial charge is 0.311 e. The van der Waals surface area contributed by atoms with Crippen molar-refractivity contribution >= 4 is 23.4 Å². The van der Waals surface area contributed by atoms with Crippen LogP contribution in [0.15, 0.2) is 29.6 Å². The third-order valence-corrected chi connectivity index (χ3v) is 4.54. The Balaban J connectivity index is 1.86. The van der Waals surface area contributed by atoms with E-state index < -0.39 is 11.9 Å². The average Bonchev–Trinajstić information content (AvgIpc) is 3.03. The highest BCUT2D eigenvalue weighted by molar-refractivity contribution is 7.03. The van der Waals surface area contributed by atoms with Crippen LogP contribution in [0, 0.1) is 6.92 Å². The maximum Gasteiger partial charge on any atom is 0.311 e. The fraction of sp³-hybridized carbons (Fsp3) is 0.267. The van der Waals surface area contributed by atoms with E-state index in [1.165, 1.54) is 11.5 Å². The topological polar surface area (TPSA) is 79.3 Å². The molecule has 0 saturated heterocycles. The number of aromatic nitrogens is 1. The number of carbonyl (C=O) groups excluding carboxylic acids is 1. The van der Waals surface area contributed by atoms with Crippen molar-refractivity contribution in [1.29, 1.82) is 0 Å². The van der Waals surface area contributed by atoms with Gasteiger partial charge in [0.15, 0.2) is 0 Å². The van der Waals surface area contributed by atoms with E-state index in [1.807, 2.05) is 24.3 Å². The van der Waals surface area contributed by atoms with Crippen LogP contribution in [0.2, 0.25) is 0 Å². The van der Waals surface area contributed by atoms with Gasteiger partial charge in [-0.25, -0.2) is 0 Å². The number of nitrogens with zero attached hydrogens (tertiary/aromatic N) is 1. The van der Waals surface area contributed by atoms with Crippen molar-refractivity contribution in [3.8, 4) is 0 Å². The van der Waals surface area contributed by atoms with Crippen LogP contribution < -0.4 is 5.32 Å². The highest BCUT2D eigenvalue weighted by Gasteiger charge is 2.36. The van der Waals surface area contributed by atoms with Gasteiger partial charge in [0.1, 0.15) is 0 Å². The Labute approximate surface area is 125 Å². The maximum atomic E-state index is 12.3. The van der Waals surface area contributed by atoms with Crippen LogP contribution in [0.3, 0.4) is 0 Å². The molecule has 108 valence electrons. The normalized spacial score (nSPS) is 20.0. The van der Waals surface area contributed by atoms with E-state index in [1.54, 1.807) is 12.3 Å². The largest absolute Gasteiger partial charge is 0.481 e. The molecule has 1 aromatic heterocycles. The van der Waals surface area contributed by atoms with Crippen molar-refractivity contribution in [2.45, 2.75) is 25.3 Å².